The fourth-order valence-corrected chi connectivity index (χ4v) is 9.69. The highest BCUT2D eigenvalue weighted by Gasteiger charge is 2.28. The van der Waals surface area contributed by atoms with Gasteiger partial charge in [0.15, 0.2) is 0 Å². The lowest BCUT2D eigenvalue weighted by atomic mass is 9.98. The first-order valence-corrected chi connectivity index (χ1v) is 21.2. The van der Waals surface area contributed by atoms with E-state index >= 15 is 0 Å². The lowest BCUT2D eigenvalue weighted by Crippen LogP contribution is -2.38. The Labute approximate surface area is 217 Å². The first-order chi connectivity index (χ1) is 17.0. The molecule has 0 amide bonds. The van der Waals surface area contributed by atoms with Crippen molar-refractivity contribution in [2.45, 2.75) is 53.1 Å². The van der Waals surface area contributed by atoms with E-state index in [9.17, 15) is 0 Å². The highest BCUT2D eigenvalue weighted by atomic mass is 31.1. The van der Waals surface area contributed by atoms with Gasteiger partial charge >= 0.3 is 8.16 Å². The van der Waals surface area contributed by atoms with Gasteiger partial charge in [-0.1, -0.05) is 114 Å². The SMILES string of the molecule is CCN(CC)p1oc2c([Si](C)(C)C)cc3ccccc3c2c2c(o1)c([Si](C)(C)C)cc1ccccc12. The summed E-state index contributed by atoms with van der Waals surface area (Å²) in [6.45, 7) is 20.7. The number of hydrogen-bond acceptors (Lipinski definition) is 3. The predicted octanol–water partition coefficient (Wildman–Crippen LogP) is 8.66. The number of rotatable bonds is 5. The molecule has 0 radical (unpaired) electrons. The van der Waals surface area contributed by atoms with Crippen molar-refractivity contribution in [2.24, 2.45) is 0 Å². The zero-order valence-corrected chi connectivity index (χ0v) is 25.8. The fourth-order valence-electron chi connectivity index (χ4n) is 5.20. The fraction of sp³-hybridized carbons (Fsp3) is 0.333. The minimum absolute atomic E-state index is 0.887. The first-order valence-electron chi connectivity index (χ1n) is 13.1. The Morgan fingerprint density at radius 3 is 1.39 bits per heavy atom. The van der Waals surface area contributed by atoms with Crippen molar-refractivity contribution in [3.8, 4) is 0 Å². The molecule has 0 aliphatic carbocycles. The highest BCUT2D eigenvalue weighted by Crippen LogP contribution is 2.41. The van der Waals surface area contributed by atoms with Crippen molar-refractivity contribution in [2.75, 3.05) is 17.8 Å². The molecule has 0 fully saturated rings. The van der Waals surface area contributed by atoms with E-state index in [-0.39, 0.29) is 0 Å². The van der Waals surface area contributed by atoms with Gasteiger partial charge in [-0.3, -0.25) is 0 Å². The van der Waals surface area contributed by atoms with Crippen LogP contribution in [0.4, 0.5) is 0 Å². The summed E-state index contributed by atoms with van der Waals surface area (Å²) in [5, 5.41) is 10.2. The van der Waals surface area contributed by atoms with Crippen molar-refractivity contribution in [3.63, 3.8) is 0 Å². The second-order valence-electron chi connectivity index (χ2n) is 11.8. The number of hydrogen-bond donors (Lipinski definition) is 0. The molecular formula is C30H38NO2PSi2. The van der Waals surface area contributed by atoms with Crippen molar-refractivity contribution >= 4 is 78.2 Å². The third kappa shape index (κ3) is 4.26. The molecule has 4 aromatic carbocycles. The second-order valence-corrected chi connectivity index (χ2v) is 23.2. The molecule has 5 rings (SSSR count). The van der Waals surface area contributed by atoms with Gasteiger partial charge < -0.3 is 8.39 Å². The molecule has 36 heavy (non-hydrogen) atoms. The zero-order chi connectivity index (χ0) is 25.8. The molecule has 0 saturated heterocycles. The van der Waals surface area contributed by atoms with Crippen LogP contribution in [-0.4, -0.2) is 29.2 Å². The minimum Gasteiger partial charge on any atom is -0.408 e. The predicted molar refractivity (Wildman–Crippen MR) is 167 cm³/mol. The van der Waals surface area contributed by atoms with Crippen molar-refractivity contribution in [1.29, 1.82) is 0 Å². The summed E-state index contributed by atoms with van der Waals surface area (Å²) in [7, 11) is -4.81. The molecule has 0 spiro atoms. The lowest BCUT2D eigenvalue weighted by molar-refractivity contribution is 0.626. The summed E-state index contributed by atoms with van der Waals surface area (Å²) in [5.74, 6) is 0. The van der Waals surface area contributed by atoms with E-state index in [1.165, 1.54) is 42.7 Å². The second kappa shape index (κ2) is 9.22. The Kier molecular flexibility index (Phi) is 6.49. The van der Waals surface area contributed by atoms with E-state index < -0.39 is 24.3 Å². The van der Waals surface area contributed by atoms with Crippen molar-refractivity contribution < 1.29 is 8.39 Å². The summed E-state index contributed by atoms with van der Waals surface area (Å²) in [6, 6.07) is 22.4. The van der Waals surface area contributed by atoms with Gasteiger partial charge in [0.2, 0.25) is 0 Å². The summed E-state index contributed by atoms with van der Waals surface area (Å²) in [4.78, 5) is 0. The first kappa shape index (κ1) is 25.3. The third-order valence-corrected chi connectivity index (χ3v) is 12.8. The maximum Gasteiger partial charge on any atom is 0.309 e. The Hall–Kier alpha value is -2.31. The van der Waals surface area contributed by atoms with E-state index in [4.69, 9.17) is 8.39 Å². The van der Waals surface area contributed by atoms with Gasteiger partial charge in [-0.05, 0) is 31.9 Å². The summed E-state index contributed by atoms with van der Waals surface area (Å²) < 4.78 is 16.5. The largest absolute Gasteiger partial charge is 0.408 e. The van der Waals surface area contributed by atoms with Crippen LogP contribution in [0.3, 0.4) is 0 Å². The Bertz CT molecular complexity index is 1520. The lowest BCUT2D eigenvalue weighted by Gasteiger charge is -2.20. The molecule has 3 nitrogen and oxygen atoms in total. The van der Waals surface area contributed by atoms with Gasteiger partial charge in [0.25, 0.3) is 0 Å². The van der Waals surface area contributed by atoms with E-state index in [0.29, 0.717) is 0 Å². The van der Waals surface area contributed by atoms with Crippen LogP contribution in [-0.2, 0) is 0 Å². The van der Waals surface area contributed by atoms with Gasteiger partial charge in [0, 0.05) is 23.9 Å². The van der Waals surface area contributed by atoms with Crippen LogP contribution in [0.2, 0.25) is 39.3 Å². The topological polar surface area (TPSA) is 29.5 Å². The van der Waals surface area contributed by atoms with Gasteiger partial charge in [0.05, 0.1) is 16.1 Å². The Morgan fingerprint density at radius 1 is 0.639 bits per heavy atom. The number of benzene rings is 4. The maximum absolute atomic E-state index is 7.08. The number of nitrogens with zero attached hydrogens (tertiary/aromatic N) is 1. The van der Waals surface area contributed by atoms with E-state index in [1.54, 1.807) is 0 Å². The van der Waals surface area contributed by atoms with Crippen LogP contribution in [0.5, 0.6) is 0 Å². The van der Waals surface area contributed by atoms with E-state index in [0.717, 1.165) is 24.3 Å². The summed E-state index contributed by atoms with van der Waals surface area (Å²) >= 11 is 0. The number of fused-ring (bicyclic) bond motifs is 7. The molecule has 0 N–H and O–H groups in total. The average molecular weight is 532 g/mol. The van der Waals surface area contributed by atoms with Crippen molar-refractivity contribution in [1.82, 2.24) is 0 Å². The molecule has 0 saturated carbocycles. The van der Waals surface area contributed by atoms with Crippen LogP contribution in [0.25, 0.3) is 43.5 Å². The zero-order valence-electron chi connectivity index (χ0n) is 22.9. The Balaban J connectivity index is 2.24. The monoisotopic (exact) mass is 531 g/mol. The van der Waals surface area contributed by atoms with Gasteiger partial charge in [-0.15, -0.1) is 0 Å². The highest BCUT2D eigenvalue weighted by molar-refractivity contribution is 7.39. The van der Waals surface area contributed by atoms with E-state index in [1.807, 2.05) is 0 Å². The molecule has 5 aromatic rings. The molecule has 0 bridgehead atoms. The molecule has 0 atom stereocenters. The molecule has 1 aromatic heterocycles. The Morgan fingerprint density at radius 2 is 1.03 bits per heavy atom. The standard InChI is InChI=1S/C30H38NO2PSi2/c1-9-31(10-2)34-32-29-25(35(3,4)5)19-21-15-11-13-17-23(21)27(29)28-24-18-14-12-16-22(24)20-26(30(28)33-34)36(6,7)8/h11-20H,9-10H2,1-8H3. The molecule has 188 valence electrons. The van der Waals surface area contributed by atoms with E-state index in [2.05, 4.69) is 118 Å². The summed E-state index contributed by atoms with van der Waals surface area (Å²) in [5.41, 5.74) is 2.09. The van der Waals surface area contributed by atoms with Gasteiger partial charge in [-0.2, -0.15) is 0 Å². The third-order valence-electron chi connectivity index (χ3n) is 7.17. The van der Waals surface area contributed by atoms with Gasteiger partial charge in [0.1, 0.15) is 11.2 Å². The van der Waals surface area contributed by atoms with Crippen LogP contribution < -0.4 is 15.0 Å². The van der Waals surface area contributed by atoms with Gasteiger partial charge in [-0.25, -0.2) is 4.67 Å². The maximum atomic E-state index is 7.08. The molecule has 1 heterocycles. The summed E-state index contributed by atoms with van der Waals surface area (Å²) in [6.07, 6.45) is 0. The molecule has 0 aliphatic rings. The molecular weight excluding hydrogens is 493 g/mol. The molecule has 0 unspecified atom stereocenters. The van der Waals surface area contributed by atoms with Crippen LogP contribution in [0.1, 0.15) is 13.8 Å². The molecule has 6 heteroatoms. The average Bonchev–Trinajstić information content (AvgIpc) is 3.00. The molecule has 0 aliphatic heterocycles. The normalized spacial score (nSPS) is 12.9. The van der Waals surface area contributed by atoms with Crippen LogP contribution in [0, 0.1) is 0 Å². The van der Waals surface area contributed by atoms with Crippen LogP contribution >= 0.6 is 8.16 Å². The van der Waals surface area contributed by atoms with Crippen LogP contribution in [0.15, 0.2) is 69.1 Å². The quantitative estimate of drug-likeness (QED) is 0.213. The smallest absolute Gasteiger partial charge is 0.309 e. The van der Waals surface area contributed by atoms with Crippen molar-refractivity contribution in [3.05, 3.63) is 60.7 Å². The minimum atomic E-state index is -1.76.